The number of carbonyl (C=O) groups is 3. The van der Waals surface area contributed by atoms with Crippen LogP contribution < -0.4 is 15.4 Å². The van der Waals surface area contributed by atoms with Gasteiger partial charge in [-0.3, -0.25) is 10.1 Å². The molecule has 2 N–H and O–H groups in total. The Kier molecular flexibility index (Phi) is 7.83. The summed E-state index contributed by atoms with van der Waals surface area (Å²) in [6.45, 7) is 3.46. The molecular formula is C20H21ClN2O5. The molecule has 1 atom stereocenters. The Morgan fingerprint density at radius 1 is 1.11 bits per heavy atom. The number of ether oxygens (including phenoxy) is 2. The molecule has 0 saturated carbocycles. The molecule has 0 aliphatic heterocycles. The first-order chi connectivity index (χ1) is 13.4. The van der Waals surface area contributed by atoms with Crippen molar-refractivity contribution in [3.05, 3.63) is 64.7 Å². The van der Waals surface area contributed by atoms with E-state index in [0.29, 0.717) is 22.9 Å². The molecule has 28 heavy (non-hydrogen) atoms. The number of halogens is 1. The van der Waals surface area contributed by atoms with Crippen LogP contribution in [-0.4, -0.2) is 31.1 Å². The lowest BCUT2D eigenvalue weighted by Crippen LogP contribution is -2.42. The molecule has 0 aromatic heterocycles. The van der Waals surface area contributed by atoms with Crippen LogP contribution in [0.5, 0.6) is 5.75 Å². The minimum absolute atomic E-state index is 0.350. The molecule has 0 aliphatic carbocycles. The summed E-state index contributed by atoms with van der Waals surface area (Å²) in [5.74, 6) is -1.04. The number of aryl methyl sites for hydroxylation is 1. The van der Waals surface area contributed by atoms with Gasteiger partial charge < -0.3 is 14.8 Å². The maximum absolute atomic E-state index is 12.4. The third kappa shape index (κ3) is 6.28. The number of benzene rings is 2. The number of imide groups is 1. The highest BCUT2D eigenvalue weighted by Gasteiger charge is 2.26. The summed E-state index contributed by atoms with van der Waals surface area (Å²) in [7, 11) is 0. The number of esters is 1. The fourth-order valence-electron chi connectivity index (χ4n) is 2.36. The van der Waals surface area contributed by atoms with Gasteiger partial charge in [0.1, 0.15) is 5.75 Å². The van der Waals surface area contributed by atoms with Crippen LogP contribution in [0.4, 0.5) is 4.79 Å². The molecular weight excluding hydrogens is 384 g/mol. The van der Waals surface area contributed by atoms with E-state index in [4.69, 9.17) is 21.1 Å². The van der Waals surface area contributed by atoms with Crippen molar-refractivity contribution in [2.45, 2.75) is 20.0 Å². The summed E-state index contributed by atoms with van der Waals surface area (Å²) in [5, 5.41) is 5.15. The van der Waals surface area contributed by atoms with Gasteiger partial charge in [-0.25, -0.2) is 9.59 Å². The molecule has 7 nitrogen and oxygen atoms in total. The maximum Gasteiger partial charge on any atom is 0.345 e. The van der Waals surface area contributed by atoms with Crippen molar-refractivity contribution < 1.29 is 23.9 Å². The molecule has 0 aliphatic rings. The lowest BCUT2D eigenvalue weighted by atomic mass is 10.1. The zero-order valence-electron chi connectivity index (χ0n) is 15.5. The summed E-state index contributed by atoms with van der Waals surface area (Å²) in [5.41, 5.74) is 1.19. The number of amides is 3. The van der Waals surface area contributed by atoms with Gasteiger partial charge in [0.25, 0.3) is 5.91 Å². The minimum atomic E-state index is -1.29. The van der Waals surface area contributed by atoms with Crippen molar-refractivity contribution in [1.82, 2.24) is 10.6 Å². The van der Waals surface area contributed by atoms with Crippen molar-refractivity contribution in [1.29, 1.82) is 0 Å². The van der Waals surface area contributed by atoms with Gasteiger partial charge in [0.2, 0.25) is 6.10 Å². The Balaban J connectivity index is 2.05. The van der Waals surface area contributed by atoms with E-state index in [-0.39, 0.29) is 0 Å². The summed E-state index contributed by atoms with van der Waals surface area (Å²) >= 11 is 5.89. The van der Waals surface area contributed by atoms with E-state index in [2.05, 4.69) is 10.6 Å². The van der Waals surface area contributed by atoms with Gasteiger partial charge in [-0.2, -0.15) is 0 Å². The minimum Gasteiger partial charge on any atom is -0.482 e. The number of carbonyl (C=O) groups excluding carboxylic acids is 3. The zero-order valence-corrected chi connectivity index (χ0v) is 16.3. The van der Waals surface area contributed by atoms with Gasteiger partial charge in [0.15, 0.2) is 6.61 Å². The van der Waals surface area contributed by atoms with Crippen molar-refractivity contribution in [2.75, 3.05) is 13.2 Å². The first-order valence-electron chi connectivity index (χ1n) is 8.62. The van der Waals surface area contributed by atoms with E-state index in [0.717, 1.165) is 5.56 Å². The Morgan fingerprint density at radius 2 is 1.82 bits per heavy atom. The third-order valence-corrected chi connectivity index (χ3v) is 3.88. The number of urea groups is 1. The molecule has 2 aromatic rings. The Bertz CT molecular complexity index is 842. The van der Waals surface area contributed by atoms with Gasteiger partial charge >= 0.3 is 12.0 Å². The summed E-state index contributed by atoms with van der Waals surface area (Å²) in [6.07, 6.45) is -1.29. The predicted molar refractivity (Wildman–Crippen MR) is 104 cm³/mol. The van der Waals surface area contributed by atoms with E-state index in [1.807, 2.05) is 0 Å². The summed E-state index contributed by atoms with van der Waals surface area (Å²) in [4.78, 5) is 36.3. The number of hydrogen-bond donors (Lipinski definition) is 2. The van der Waals surface area contributed by atoms with Crippen LogP contribution in [0.25, 0.3) is 0 Å². The van der Waals surface area contributed by atoms with E-state index < -0.39 is 30.6 Å². The monoisotopic (exact) mass is 404 g/mol. The fourth-order valence-corrected chi connectivity index (χ4v) is 2.59. The molecule has 0 heterocycles. The largest absolute Gasteiger partial charge is 0.482 e. The SMILES string of the molecule is CCNC(=O)NC(=O)[C@@H](OC(=O)COc1ccc(Cl)cc1C)c1ccccc1. The average molecular weight is 405 g/mol. The Hall–Kier alpha value is -3.06. The lowest BCUT2D eigenvalue weighted by molar-refractivity contribution is -0.158. The fraction of sp³-hybridized carbons (Fsp3) is 0.250. The quantitative estimate of drug-likeness (QED) is 0.691. The zero-order chi connectivity index (χ0) is 20.5. The van der Waals surface area contributed by atoms with Crippen molar-refractivity contribution >= 4 is 29.5 Å². The van der Waals surface area contributed by atoms with Crippen LogP contribution in [0.1, 0.15) is 24.2 Å². The van der Waals surface area contributed by atoms with Crippen LogP contribution in [0.15, 0.2) is 48.5 Å². The van der Waals surface area contributed by atoms with Gasteiger partial charge in [0.05, 0.1) is 0 Å². The van der Waals surface area contributed by atoms with Crippen LogP contribution in [-0.2, 0) is 14.3 Å². The van der Waals surface area contributed by atoms with Crippen molar-refractivity contribution in [2.24, 2.45) is 0 Å². The predicted octanol–water partition coefficient (Wildman–Crippen LogP) is 3.16. The van der Waals surface area contributed by atoms with Crippen LogP contribution in [0.2, 0.25) is 5.02 Å². The van der Waals surface area contributed by atoms with Gasteiger partial charge in [0, 0.05) is 17.1 Å². The highest BCUT2D eigenvalue weighted by atomic mass is 35.5. The average Bonchev–Trinajstić information content (AvgIpc) is 2.66. The van der Waals surface area contributed by atoms with Crippen molar-refractivity contribution in [3.8, 4) is 5.75 Å². The van der Waals surface area contributed by atoms with Gasteiger partial charge in [-0.05, 0) is 37.6 Å². The van der Waals surface area contributed by atoms with Crippen molar-refractivity contribution in [3.63, 3.8) is 0 Å². The molecule has 3 amide bonds. The molecule has 8 heteroatoms. The van der Waals surface area contributed by atoms with Crippen LogP contribution >= 0.6 is 11.6 Å². The number of rotatable bonds is 7. The molecule has 0 bridgehead atoms. The number of nitrogens with one attached hydrogen (secondary N) is 2. The first-order valence-corrected chi connectivity index (χ1v) is 9.00. The van der Waals surface area contributed by atoms with Crippen LogP contribution in [0.3, 0.4) is 0 Å². The van der Waals surface area contributed by atoms with E-state index in [1.54, 1.807) is 62.4 Å². The molecule has 0 unspecified atom stereocenters. The van der Waals surface area contributed by atoms with E-state index in [1.165, 1.54) is 0 Å². The second-order valence-electron chi connectivity index (χ2n) is 5.83. The maximum atomic E-state index is 12.4. The normalized spacial score (nSPS) is 11.2. The first kappa shape index (κ1) is 21.2. The van der Waals surface area contributed by atoms with E-state index in [9.17, 15) is 14.4 Å². The second-order valence-corrected chi connectivity index (χ2v) is 6.26. The highest BCUT2D eigenvalue weighted by molar-refractivity contribution is 6.30. The molecule has 0 fully saturated rings. The lowest BCUT2D eigenvalue weighted by Gasteiger charge is -2.18. The second kappa shape index (κ2) is 10.3. The summed E-state index contributed by atoms with van der Waals surface area (Å²) in [6, 6.07) is 12.7. The summed E-state index contributed by atoms with van der Waals surface area (Å²) < 4.78 is 10.7. The highest BCUT2D eigenvalue weighted by Crippen LogP contribution is 2.22. The van der Waals surface area contributed by atoms with Crippen LogP contribution in [0, 0.1) is 6.92 Å². The number of hydrogen-bond acceptors (Lipinski definition) is 5. The standard InChI is InChI=1S/C20H21ClN2O5/c1-3-22-20(26)23-19(25)18(14-7-5-4-6-8-14)28-17(24)12-27-16-10-9-15(21)11-13(16)2/h4-11,18H,3,12H2,1-2H3,(H2,22,23,25,26)/t18-/m0/s1. The van der Waals surface area contributed by atoms with Gasteiger partial charge in [-0.1, -0.05) is 41.9 Å². The molecule has 0 radical (unpaired) electrons. The van der Waals surface area contributed by atoms with E-state index >= 15 is 0 Å². The Labute approximate surface area is 168 Å². The third-order valence-electron chi connectivity index (χ3n) is 3.65. The molecule has 2 aromatic carbocycles. The smallest absolute Gasteiger partial charge is 0.345 e. The molecule has 148 valence electrons. The molecule has 0 saturated heterocycles. The van der Waals surface area contributed by atoms with Gasteiger partial charge in [-0.15, -0.1) is 0 Å². The molecule has 2 rings (SSSR count). The Morgan fingerprint density at radius 3 is 2.46 bits per heavy atom. The topological polar surface area (TPSA) is 93.7 Å². The molecule has 0 spiro atoms.